The summed E-state index contributed by atoms with van der Waals surface area (Å²) < 4.78 is 0. The number of nitrogens with one attached hydrogen (secondary N) is 1. The first kappa shape index (κ1) is 13.0. The molecule has 0 fully saturated rings. The van der Waals surface area contributed by atoms with Crippen LogP contribution in [0.4, 0.5) is 5.69 Å². The Morgan fingerprint density at radius 3 is 2.62 bits per heavy atom. The molecule has 1 amide bonds. The molecule has 0 saturated carbocycles. The van der Waals surface area contributed by atoms with Crippen molar-refractivity contribution in [1.82, 2.24) is 5.32 Å². The minimum atomic E-state index is -0.154. The molecule has 0 aliphatic rings. The average Bonchev–Trinajstić information content (AvgIpc) is 2.46. The zero-order valence-corrected chi connectivity index (χ0v) is 11.2. The van der Waals surface area contributed by atoms with E-state index >= 15 is 0 Å². The van der Waals surface area contributed by atoms with Crippen LogP contribution < -0.4 is 11.1 Å². The molecule has 0 unspecified atom stereocenters. The van der Waals surface area contributed by atoms with Gasteiger partial charge in [-0.2, -0.15) is 0 Å². The van der Waals surface area contributed by atoms with Gasteiger partial charge in [-0.15, -0.1) is 11.3 Å². The molecule has 3 nitrogen and oxygen atoms in total. The van der Waals surface area contributed by atoms with E-state index in [4.69, 9.17) is 5.73 Å². The Morgan fingerprint density at radius 2 is 2.19 bits per heavy atom. The Balaban J connectivity index is 2.72. The van der Waals surface area contributed by atoms with Gasteiger partial charge in [0.2, 0.25) is 0 Å². The van der Waals surface area contributed by atoms with Crippen LogP contribution in [0.5, 0.6) is 0 Å². The topological polar surface area (TPSA) is 55.1 Å². The predicted octanol–water partition coefficient (Wildman–Crippen LogP) is 2.95. The number of hydrogen-bond donors (Lipinski definition) is 2. The maximum absolute atomic E-state index is 11.9. The SMILES string of the molecule is CCCC(C)(C)NC(=O)c1cc(N)c(C)s1. The number of nitrogen functional groups attached to an aromatic ring is 1. The summed E-state index contributed by atoms with van der Waals surface area (Å²) in [5.41, 5.74) is 6.27. The summed E-state index contributed by atoms with van der Waals surface area (Å²) in [6, 6.07) is 1.75. The van der Waals surface area contributed by atoms with Gasteiger partial charge in [0, 0.05) is 16.1 Å². The van der Waals surface area contributed by atoms with Crippen LogP contribution in [0.3, 0.4) is 0 Å². The number of aryl methyl sites for hydroxylation is 1. The first-order valence-corrected chi connectivity index (χ1v) is 6.36. The van der Waals surface area contributed by atoms with E-state index in [-0.39, 0.29) is 11.4 Å². The number of anilines is 1. The molecule has 1 aromatic rings. The smallest absolute Gasteiger partial charge is 0.261 e. The third kappa shape index (κ3) is 3.23. The normalized spacial score (nSPS) is 11.5. The molecule has 3 N–H and O–H groups in total. The molecule has 1 heterocycles. The lowest BCUT2D eigenvalue weighted by molar-refractivity contribution is 0.0913. The van der Waals surface area contributed by atoms with Crippen LogP contribution in [0.1, 0.15) is 48.2 Å². The molecule has 0 bridgehead atoms. The van der Waals surface area contributed by atoms with Crippen LogP contribution in [-0.2, 0) is 0 Å². The average molecular weight is 240 g/mol. The fraction of sp³-hybridized carbons (Fsp3) is 0.583. The molecule has 0 aromatic carbocycles. The summed E-state index contributed by atoms with van der Waals surface area (Å²) in [7, 11) is 0. The molecule has 1 aromatic heterocycles. The highest BCUT2D eigenvalue weighted by Crippen LogP contribution is 2.24. The quantitative estimate of drug-likeness (QED) is 0.850. The van der Waals surface area contributed by atoms with Crippen molar-refractivity contribution in [3.8, 4) is 0 Å². The zero-order valence-electron chi connectivity index (χ0n) is 10.4. The highest BCUT2D eigenvalue weighted by molar-refractivity contribution is 7.14. The Labute approximate surface area is 101 Å². The van der Waals surface area contributed by atoms with Crippen molar-refractivity contribution in [3.05, 3.63) is 15.8 Å². The minimum absolute atomic E-state index is 0.0248. The lowest BCUT2D eigenvalue weighted by Crippen LogP contribution is -2.42. The van der Waals surface area contributed by atoms with Gasteiger partial charge in [0.1, 0.15) is 0 Å². The highest BCUT2D eigenvalue weighted by atomic mass is 32.1. The summed E-state index contributed by atoms with van der Waals surface area (Å²) in [5.74, 6) is -0.0248. The fourth-order valence-electron chi connectivity index (χ4n) is 1.66. The van der Waals surface area contributed by atoms with Gasteiger partial charge in [0.15, 0.2) is 0 Å². The van der Waals surface area contributed by atoms with E-state index in [9.17, 15) is 4.79 Å². The summed E-state index contributed by atoms with van der Waals surface area (Å²) >= 11 is 1.44. The molecule has 4 heteroatoms. The summed E-state index contributed by atoms with van der Waals surface area (Å²) in [5, 5.41) is 3.03. The van der Waals surface area contributed by atoms with Crippen LogP contribution in [-0.4, -0.2) is 11.4 Å². The van der Waals surface area contributed by atoms with E-state index < -0.39 is 0 Å². The second kappa shape index (κ2) is 4.87. The van der Waals surface area contributed by atoms with Gasteiger partial charge in [-0.3, -0.25) is 4.79 Å². The second-order valence-electron chi connectivity index (χ2n) is 4.71. The Kier molecular flexibility index (Phi) is 3.97. The number of hydrogen-bond acceptors (Lipinski definition) is 3. The molecule has 0 aliphatic carbocycles. The number of carbonyl (C=O) groups excluding carboxylic acids is 1. The van der Waals surface area contributed by atoms with E-state index in [1.54, 1.807) is 6.07 Å². The number of rotatable bonds is 4. The molecule has 0 saturated heterocycles. The van der Waals surface area contributed by atoms with Gasteiger partial charge >= 0.3 is 0 Å². The number of thiophene rings is 1. The maximum Gasteiger partial charge on any atom is 0.261 e. The Morgan fingerprint density at radius 1 is 1.56 bits per heavy atom. The van der Waals surface area contributed by atoms with Crippen LogP contribution in [0.25, 0.3) is 0 Å². The lowest BCUT2D eigenvalue weighted by atomic mass is 9.99. The molecule has 1 rings (SSSR count). The van der Waals surface area contributed by atoms with Crippen LogP contribution in [0.2, 0.25) is 0 Å². The number of carbonyl (C=O) groups is 1. The first-order valence-electron chi connectivity index (χ1n) is 5.54. The molecular weight excluding hydrogens is 220 g/mol. The fourth-order valence-corrected chi connectivity index (χ4v) is 2.50. The van der Waals surface area contributed by atoms with Gasteiger partial charge in [0.25, 0.3) is 5.91 Å². The molecule has 16 heavy (non-hydrogen) atoms. The first-order chi connectivity index (χ1) is 7.35. The third-order valence-electron chi connectivity index (χ3n) is 2.51. The molecule has 90 valence electrons. The lowest BCUT2D eigenvalue weighted by Gasteiger charge is -2.25. The largest absolute Gasteiger partial charge is 0.398 e. The summed E-state index contributed by atoms with van der Waals surface area (Å²) in [4.78, 5) is 13.6. The van der Waals surface area contributed by atoms with Gasteiger partial charge in [-0.05, 0) is 33.3 Å². The van der Waals surface area contributed by atoms with Crippen molar-refractivity contribution in [2.75, 3.05) is 5.73 Å². The van der Waals surface area contributed by atoms with E-state index in [0.717, 1.165) is 17.7 Å². The van der Waals surface area contributed by atoms with Crippen molar-refractivity contribution < 1.29 is 4.79 Å². The molecule has 0 atom stereocenters. The van der Waals surface area contributed by atoms with Crippen molar-refractivity contribution in [3.63, 3.8) is 0 Å². The number of amides is 1. The van der Waals surface area contributed by atoms with Gasteiger partial charge in [-0.1, -0.05) is 13.3 Å². The molecule has 0 aliphatic heterocycles. The molecule has 0 spiro atoms. The third-order valence-corrected chi connectivity index (χ3v) is 3.57. The Hall–Kier alpha value is -1.03. The van der Waals surface area contributed by atoms with Gasteiger partial charge in [-0.25, -0.2) is 0 Å². The summed E-state index contributed by atoms with van der Waals surface area (Å²) in [6.45, 7) is 8.12. The molecule has 0 radical (unpaired) electrons. The Bertz CT molecular complexity index is 363. The van der Waals surface area contributed by atoms with E-state index in [1.165, 1.54) is 11.3 Å². The van der Waals surface area contributed by atoms with Crippen molar-refractivity contribution >= 4 is 22.9 Å². The van der Waals surface area contributed by atoms with Crippen LogP contribution in [0.15, 0.2) is 6.07 Å². The van der Waals surface area contributed by atoms with E-state index in [2.05, 4.69) is 12.2 Å². The number of nitrogens with two attached hydrogens (primary N) is 1. The highest BCUT2D eigenvalue weighted by Gasteiger charge is 2.21. The predicted molar refractivity (Wildman–Crippen MR) is 69.9 cm³/mol. The molecular formula is C12H20N2OS. The van der Waals surface area contributed by atoms with Crippen molar-refractivity contribution in [2.45, 2.75) is 46.1 Å². The second-order valence-corrected chi connectivity index (χ2v) is 5.97. The monoisotopic (exact) mass is 240 g/mol. The van der Waals surface area contributed by atoms with Crippen molar-refractivity contribution in [2.24, 2.45) is 0 Å². The maximum atomic E-state index is 11.9. The van der Waals surface area contributed by atoms with Crippen LogP contribution >= 0.6 is 11.3 Å². The van der Waals surface area contributed by atoms with Crippen LogP contribution in [0, 0.1) is 6.92 Å². The van der Waals surface area contributed by atoms with Gasteiger partial charge in [0.05, 0.1) is 4.88 Å². The van der Waals surface area contributed by atoms with Crippen molar-refractivity contribution in [1.29, 1.82) is 0 Å². The van der Waals surface area contributed by atoms with Gasteiger partial charge < -0.3 is 11.1 Å². The standard InChI is InChI=1S/C12H20N2OS/c1-5-6-12(3,4)14-11(15)10-7-9(13)8(2)16-10/h7H,5-6,13H2,1-4H3,(H,14,15). The van der Waals surface area contributed by atoms with E-state index in [1.807, 2.05) is 20.8 Å². The van der Waals surface area contributed by atoms with E-state index in [0.29, 0.717) is 10.6 Å². The zero-order chi connectivity index (χ0) is 12.3. The summed E-state index contributed by atoms with van der Waals surface area (Å²) in [6.07, 6.45) is 2.03. The minimum Gasteiger partial charge on any atom is -0.398 e.